The third-order valence-corrected chi connectivity index (χ3v) is 6.72. The van der Waals surface area contributed by atoms with E-state index in [9.17, 15) is 4.79 Å². The van der Waals surface area contributed by atoms with Crippen molar-refractivity contribution >= 4 is 17.4 Å². The zero-order chi connectivity index (χ0) is 22.2. The number of rotatable bonds is 4. The van der Waals surface area contributed by atoms with Crippen LogP contribution in [-0.2, 0) is 0 Å². The number of aromatic nitrogens is 3. The molecule has 0 spiro atoms. The Morgan fingerprint density at radius 2 is 1.84 bits per heavy atom. The summed E-state index contributed by atoms with van der Waals surface area (Å²) in [6, 6.07) is 7.77. The van der Waals surface area contributed by atoms with E-state index in [0.29, 0.717) is 11.3 Å². The Morgan fingerprint density at radius 3 is 2.62 bits per heavy atom. The number of benzene rings is 1. The number of anilines is 1. The topological polar surface area (TPSA) is 63.0 Å². The Labute approximate surface area is 189 Å². The van der Waals surface area contributed by atoms with Crippen molar-refractivity contribution in [3.63, 3.8) is 0 Å². The number of amides is 1. The lowest BCUT2D eigenvalue weighted by Crippen LogP contribution is -2.39. The van der Waals surface area contributed by atoms with Crippen LogP contribution < -0.4 is 9.64 Å². The molecule has 0 saturated carbocycles. The lowest BCUT2D eigenvalue weighted by molar-refractivity contribution is 0.0602. The summed E-state index contributed by atoms with van der Waals surface area (Å²) in [5.41, 5.74) is 4.56. The molecule has 2 saturated heterocycles. The third kappa shape index (κ3) is 3.70. The van der Waals surface area contributed by atoms with Gasteiger partial charge in [-0.3, -0.25) is 4.79 Å². The lowest BCUT2D eigenvalue weighted by Gasteiger charge is -2.35. The highest BCUT2D eigenvalue weighted by Crippen LogP contribution is 2.34. The fraction of sp³-hybridized carbons (Fsp3) is 0.480. The molecule has 0 N–H and O–H groups in total. The van der Waals surface area contributed by atoms with E-state index < -0.39 is 0 Å². The van der Waals surface area contributed by atoms with Gasteiger partial charge in [0.25, 0.3) is 5.91 Å². The van der Waals surface area contributed by atoms with Crippen molar-refractivity contribution in [2.24, 2.45) is 0 Å². The molecule has 2 aliphatic heterocycles. The predicted molar refractivity (Wildman–Crippen MR) is 125 cm³/mol. The number of hydrogen-bond acceptors (Lipinski definition) is 5. The summed E-state index contributed by atoms with van der Waals surface area (Å²) in [5, 5.41) is 4.86. The van der Waals surface area contributed by atoms with Crippen molar-refractivity contribution in [1.29, 1.82) is 0 Å². The summed E-state index contributed by atoms with van der Waals surface area (Å²) >= 11 is 0. The standard InChI is InChI=1S/C25H31N5O2/c1-17-9-10-22(32-3)19(14-17)25(31)29-13-5-4-8-21(29)20-15-23-26-24(28-11-6-7-12-28)18(2)16-30(23)27-20/h9-10,14-16,21H,4-8,11-13H2,1-3H3. The van der Waals surface area contributed by atoms with E-state index in [1.165, 1.54) is 12.8 Å². The van der Waals surface area contributed by atoms with E-state index in [2.05, 4.69) is 24.1 Å². The van der Waals surface area contributed by atoms with Crippen LogP contribution in [0.2, 0.25) is 0 Å². The number of nitrogens with zero attached hydrogens (tertiary/aromatic N) is 5. The maximum atomic E-state index is 13.6. The largest absolute Gasteiger partial charge is 0.496 e. The molecular formula is C25H31N5O2. The number of aryl methyl sites for hydroxylation is 2. The molecule has 1 amide bonds. The number of fused-ring (bicyclic) bond motifs is 1. The van der Waals surface area contributed by atoms with Gasteiger partial charge in [-0.2, -0.15) is 5.10 Å². The fourth-order valence-corrected chi connectivity index (χ4v) is 5.06. The van der Waals surface area contributed by atoms with Gasteiger partial charge in [0.1, 0.15) is 11.6 Å². The summed E-state index contributed by atoms with van der Waals surface area (Å²) in [5.74, 6) is 1.68. The summed E-state index contributed by atoms with van der Waals surface area (Å²) in [7, 11) is 1.61. The van der Waals surface area contributed by atoms with Gasteiger partial charge in [-0.1, -0.05) is 11.6 Å². The van der Waals surface area contributed by atoms with Crippen molar-refractivity contribution in [1.82, 2.24) is 19.5 Å². The number of methoxy groups -OCH3 is 1. The zero-order valence-corrected chi connectivity index (χ0v) is 19.2. The monoisotopic (exact) mass is 433 g/mol. The minimum Gasteiger partial charge on any atom is -0.496 e. The van der Waals surface area contributed by atoms with Crippen LogP contribution in [-0.4, -0.2) is 52.1 Å². The Morgan fingerprint density at radius 1 is 1.06 bits per heavy atom. The van der Waals surface area contributed by atoms with E-state index in [1.54, 1.807) is 7.11 Å². The molecule has 2 fully saturated rings. The van der Waals surface area contributed by atoms with Crippen molar-refractivity contribution in [3.05, 3.63) is 52.8 Å². The number of ether oxygens (including phenoxy) is 1. The molecule has 0 bridgehead atoms. The first-order chi connectivity index (χ1) is 15.5. The molecular weight excluding hydrogens is 402 g/mol. The van der Waals surface area contributed by atoms with E-state index >= 15 is 0 Å². The van der Waals surface area contributed by atoms with Crippen molar-refractivity contribution in [3.8, 4) is 5.75 Å². The van der Waals surface area contributed by atoms with Gasteiger partial charge in [0.2, 0.25) is 0 Å². The second-order valence-electron chi connectivity index (χ2n) is 9.03. The van der Waals surface area contributed by atoms with Gasteiger partial charge in [-0.05, 0) is 58.1 Å². The van der Waals surface area contributed by atoms with Crippen LogP contribution in [0.4, 0.5) is 5.82 Å². The van der Waals surface area contributed by atoms with Crippen LogP contribution in [0.25, 0.3) is 5.65 Å². The summed E-state index contributed by atoms with van der Waals surface area (Å²) in [6.07, 6.45) is 7.50. The van der Waals surface area contributed by atoms with Crippen molar-refractivity contribution in [2.45, 2.75) is 52.0 Å². The molecule has 2 aliphatic rings. The van der Waals surface area contributed by atoms with Crippen LogP contribution >= 0.6 is 0 Å². The van der Waals surface area contributed by atoms with Crippen LogP contribution in [0.5, 0.6) is 5.75 Å². The average molecular weight is 434 g/mol. The highest BCUT2D eigenvalue weighted by molar-refractivity contribution is 5.97. The number of carbonyl (C=O) groups excluding carboxylic acids is 1. The van der Waals surface area contributed by atoms with Gasteiger partial charge in [0.05, 0.1) is 24.4 Å². The minimum atomic E-state index is -0.0567. The molecule has 32 heavy (non-hydrogen) atoms. The van der Waals surface area contributed by atoms with Gasteiger partial charge in [0, 0.05) is 37.5 Å². The zero-order valence-electron chi connectivity index (χ0n) is 19.2. The molecule has 3 aromatic rings. The normalized spacial score (nSPS) is 19.0. The van der Waals surface area contributed by atoms with Crippen molar-refractivity contribution in [2.75, 3.05) is 31.6 Å². The molecule has 0 aliphatic carbocycles. The number of hydrogen-bond donors (Lipinski definition) is 0. The summed E-state index contributed by atoms with van der Waals surface area (Å²) in [4.78, 5) is 22.9. The predicted octanol–water partition coefficient (Wildman–Crippen LogP) is 4.32. The number of carbonyl (C=O) groups is 1. The first-order valence-electron chi connectivity index (χ1n) is 11.6. The van der Waals surface area contributed by atoms with E-state index in [-0.39, 0.29) is 11.9 Å². The van der Waals surface area contributed by atoms with Crippen LogP contribution in [0.15, 0.2) is 30.5 Å². The first kappa shape index (κ1) is 20.8. The molecule has 1 unspecified atom stereocenters. The molecule has 5 rings (SSSR count). The highest BCUT2D eigenvalue weighted by Gasteiger charge is 2.32. The molecule has 2 aromatic heterocycles. The summed E-state index contributed by atoms with van der Waals surface area (Å²) in [6.45, 7) is 6.95. The number of piperidine rings is 1. The Hall–Kier alpha value is -3.09. The van der Waals surface area contributed by atoms with Crippen molar-refractivity contribution < 1.29 is 9.53 Å². The maximum Gasteiger partial charge on any atom is 0.258 e. The molecule has 1 aromatic carbocycles. The van der Waals surface area contributed by atoms with Gasteiger partial charge in [-0.15, -0.1) is 0 Å². The number of likely N-dealkylation sites (tertiary alicyclic amines) is 1. The average Bonchev–Trinajstić information content (AvgIpc) is 3.48. The fourth-order valence-electron chi connectivity index (χ4n) is 5.06. The quantitative estimate of drug-likeness (QED) is 0.613. The lowest BCUT2D eigenvalue weighted by atomic mass is 9.97. The maximum absolute atomic E-state index is 13.6. The van der Waals surface area contributed by atoms with Crippen LogP contribution in [0, 0.1) is 13.8 Å². The Balaban J connectivity index is 1.49. The van der Waals surface area contributed by atoms with E-state index in [0.717, 1.165) is 67.2 Å². The first-order valence-corrected chi connectivity index (χ1v) is 11.6. The van der Waals surface area contributed by atoms with Gasteiger partial charge in [0.15, 0.2) is 5.65 Å². The van der Waals surface area contributed by atoms with E-state index in [4.69, 9.17) is 14.8 Å². The Kier molecular flexibility index (Phi) is 5.49. The van der Waals surface area contributed by atoms with Gasteiger partial charge < -0.3 is 14.5 Å². The molecule has 7 heteroatoms. The van der Waals surface area contributed by atoms with E-state index in [1.807, 2.05) is 34.5 Å². The summed E-state index contributed by atoms with van der Waals surface area (Å²) < 4.78 is 7.36. The smallest absolute Gasteiger partial charge is 0.258 e. The Bertz CT molecular complexity index is 1150. The SMILES string of the molecule is COc1ccc(C)cc1C(=O)N1CCCCC1c1cc2nc(N3CCCC3)c(C)cn2n1. The molecule has 168 valence electrons. The second-order valence-corrected chi connectivity index (χ2v) is 9.03. The van der Waals surface area contributed by atoms with Crippen LogP contribution in [0.3, 0.4) is 0 Å². The second kappa shape index (κ2) is 8.45. The van der Waals surface area contributed by atoms with Gasteiger partial charge >= 0.3 is 0 Å². The van der Waals surface area contributed by atoms with Crippen LogP contribution in [0.1, 0.15) is 65.3 Å². The van der Waals surface area contributed by atoms with Gasteiger partial charge in [-0.25, -0.2) is 9.50 Å². The third-order valence-electron chi connectivity index (χ3n) is 6.72. The minimum absolute atomic E-state index is 0.00852. The molecule has 4 heterocycles. The molecule has 7 nitrogen and oxygen atoms in total. The highest BCUT2D eigenvalue weighted by atomic mass is 16.5. The molecule has 1 atom stereocenters. The molecule has 0 radical (unpaired) electrons.